The van der Waals surface area contributed by atoms with E-state index in [1.54, 1.807) is 24.3 Å². The number of sulfonamides is 1. The molecule has 0 bridgehead atoms. The second kappa shape index (κ2) is 7.77. The third-order valence-corrected chi connectivity index (χ3v) is 8.44. The molecule has 1 atom stereocenters. The van der Waals surface area contributed by atoms with Crippen LogP contribution in [0.25, 0.3) is 11.4 Å². The number of carbonyl (C=O) groups excluding carboxylic acids is 1. The van der Waals surface area contributed by atoms with Crippen molar-refractivity contribution in [2.45, 2.75) is 61.8 Å². The van der Waals surface area contributed by atoms with Crippen LogP contribution in [-0.2, 0) is 14.8 Å². The summed E-state index contributed by atoms with van der Waals surface area (Å²) in [4.78, 5) is 19.2. The molecule has 0 unspecified atom stereocenters. The second-order valence-corrected chi connectivity index (χ2v) is 10.4. The van der Waals surface area contributed by atoms with Crippen LogP contribution in [0.15, 0.2) is 33.7 Å². The quantitative estimate of drug-likeness (QED) is 0.724. The third-order valence-electron chi connectivity index (χ3n) is 6.53. The largest absolute Gasteiger partial charge is 0.339 e. The van der Waals surface area contributed by atoms with E-state index in [0.717, 1.165) is 25.7 Å². The molecule has 1 saturated carbocycles. The lowest BCUT2D eigenvalue weighted by atomic mass is 10.1. The first-order valence-corrected chi connectivity index (χ1v) is 12.2. The number of benzene rings is 1. The van der Waals surface area contributed by atoms with Crippen LogP contribution in [0, 0.1) is 0 Å². The molecule has 3 heterocycles. The number of nitrogens with zero attached hydrogens (tertiary/aromatic N) is 4. The van der Waals surface area contributed by atoms with Crippen molar-refractivity contribution in [2.24, 2.45) is 0 Å². The molecule has 1 aliphatic carbocycles. The van der Waals surface area contributed by atoms with Gasteiger partial charge in [0.1, 0.15) is 0 Å². The Morgan fingerprint density at radius 1 is 1.00 bits per heavy atom. The fourth-order valence-corrected chi connectivity index (χ4v) is 6.35. The van der Waals surface area contributed by atoms with Crippen LogP contribution < -0.4 is 0 Å². The molecule has 1 aromatic carbocycles. The van der Waals surface area contributed by atoms with Gasteiger partial charge in [-0.2, -0.15) is 9.29 Å². The van der Waals surface area contributed by atoms with Gasteiger partial charge >= 0.3 is 0 Å². The van der Waals surface area contributed by atoms with Gasteiger partial charge in [0.2, 0.25) is 27.6 Å². The van der Waals surface area contributed by atoms with Gasteiger partial charge in [0.15, 0.2) is 0 Å². The topological polar surface area (TPSA) is 96.6 Å². The number of hydrogen-bond acceptors (Lipinski definition) is 6. The lowest BCUT2D eigenvalue weighted by Gasteiger charge is -2.23. The van der Waals surface area contributed by atoms with Crippen LogP contribution in [0.2, 0.25) is 0 Å². The summed E-state index contributed by atoms with van der Waals surface area (Å²) in [6.45, 7) is 1.80. The van der Waals surface area contributed by atoms with Gasteiger partial charge in [0.25, 0.3) is 0 Å². The molecule has 160 valence electrons. The fourth-order valence-electron chi connectivity index (χ4n) is 4.84. The number of likely N-dealkylation sites (tertiary alicyclic amines) is 1. The van der Waals surface area contributed by atoms with E-state index >= 15 is 0 Å². The average Bonchev–Trinajstić information content (AvgIpc) is 3.55. The molecule has 5 rings (SSSR count). The van der Waals surface area contributed by atoms with E-state index in [0.29, 0.717) is 49.4 Å². The van der Waals surface area contributed by atoms with E-state index < -0.39 is 10.0 Å². The predicted molar refractivity (Wildman–Crippen MR) is 109 cm³/mol. The molecule has 1 aromatic heterocycles. The zero-order valence-corrected chi connectivity index (χ0v) is 17.7. The van der Waals surface area contributed by atoms with Gasteiger partial charge in [-0.1, -0.05) is 18.0 Å². The molecule has 2 aliphatic heterocycles. The molecule has 9 heteroatoms. The van der Waals surface area contributed by atoms with Gasteiger partial charge in [-0.3, -0.25) is 4.79 Å². The van der Waals surface area contributed by atoms with E-state index in [9.17, 15) is 13.2 Å². The summed E-state index contributed by atoms with van der Waals surface area (Å²) in [6.07, 6.45) is 6.77. The number of hydrogen-bond donors (Lipinski definition) is 0. The van der Waals surface area contributed by atoms with Crippen molar-refractivity contribution in [3.8, 4) is 11.4 Å². The summed E-state index contributed by atoms with van der Waals surface area (Å²) >= 11 is 0. The van der Waals surface area contributed by atoms with Crippen molar-refractivity contribution < 1.29 is 17.7 Å². The van der Waals surface area contributed by atoms with Gasteiger partial charge < -0.3 is 9.42 Å². The van der Waals surface area contributed by atoms with E-state index in [4.69, 9.17) is 4.52 Å². The third kappa shape index (κ3) is 3.54. The Bertz CT molecular complexity index is 1020. The monoisotopic (exact) mass is 430 g/mol. The van der Waals surface area contributed by atoms with Crippen molar-refractivity contribution in [2.75, 3.05) is 19.6 Å². The van der Waals surface area contributed by atoms with E-state index in [1.165, 1.54) is 17.1 Å². The zero-order chi connectivity index (χ0) is 20.7. The first-order chi connectivity index (χ1) is 14.5. The van der Waals surface area contributed by atoms with Crippen LogP contribution in [0.5, 0.6) is 0 Å². The van der Waals surface area contributed by atoms with Crippen LogP contribution in [0.4, 0.5) is 0 Å². The second-order valence-electron chi connectivity index (χ2n) is 8.48. The molecule has 3 aliphatic rings. The summed E-state index contributed by atoms with van der Waals surface area (Å²) in [5.41, 5.74) is 0.697. The summed E-state index contributed by atoms with van der Waals surface area (Å²) in [5, 5.41) is 4.07. The van der Waals surface area contributed by atoms with Crippen molar-refractivity contribution in [1.82, 2.24) is 19.3 Å². The Hall–Kier alpha value is -2.26. The highest BCUT2D eigenvalue weighted by Crippen LogP contribution is 2.34. The summed E-state index contributed by atoms with van der Waals surface area (Å²) in [6, 6.07) is 6.97. The highest BCUT2D eigenvalue weighted by Gasteiger charge is 2.38. The van der Waals surface area contributed by atoms with Crippen molar-refractivity contribution in [3.63, 3.8) is 0 Å². The molecule has 0 N–H and O–H groups in total. The molecule has 8 nitrogen and oxygen atoms in total. The first-order valence-electron chi connectivity index (χ1n) is 10.8. The number of amides is 1. The molecule has 30 heavy (non-hydrogen) atoms. The van der Waals surface area contributed by atoms with E-state index in [2.05, 4.69) is 10.1 Å². The van der Waals surface area contributed by atoms with Gasteiger partial charge in [-0.05, 0) is 49.9 Å². The van der Waals surface area contributed by atoms with Gasteiger partial charge in [-0.15, -0.1) is 0 Å². The molecular formula is C21H26N4O4S. The van der Waals surface area contributed by atoms with Gasteiger partial charge in [0.05, 0.1) is 10.8 Å². The Labute approximate surface area is 176 Å². The Morgan fingerprint density at radius 3 is 2.40 bits per heavy atom. The fraction of sp³-hybridized carbons (Fsp3) is 0.571. The Morgan fingerprint density at radius 2 is 1.70 bits per heavy atom. The Kier molecular flexibility index (Phi) is 5.10. The maximum Gasteiger partial charge on any atom is 0.243 e. The highest BCUT2D eigenvalue weighted by molar-refractivity contribution is 7.89. The molecule has 1 amide bonds. The predicted octanol–water partition coefficient (Wildman–Crippen LogP) is 2.78. The maximum atomic E-state index is 12.7. The molecule has 2 saturated heterocycles. The summed E-state index contributed by atoms with van der Waals surface area (Å²) < 4.78 is 32.3. The minimum Gasteiger partial charge on any atom is -0.339 e. The zero-order valence-electron chi connectivity index (χ0n) is 16.9. The van der Waals surface area contributed by atoms with E-state index in [1.807, 2.05) is 4.90 Å². The summed E-state index contributed by atoms with van der Waals surface area (Å²) in [5.74, 6) is 0.992. The lowest BCUT2D eigenvalue weighted by Crippen LogP contribution is -2.34. The van der Waals surface area contributed by atoms with Crippen molar-refractivity contribution in [1.29, 1.82) is 0 Å². The molecule has 2 aromatic rings. The van der Waals surface area contributed by atoms with Crippen molar-refractivity contribution in [3.05, 3.63) is 30.2 Å². The number of carbonyl (C=O) groups is 1. The first kappa shape index (κ1) is 19.7. The van der Waals surface area contributed by atoms with Crippen molar-refractivity contribution >= 4 is 15.9 Å². The SMILES string of the molecule is O=C1C[C@@H](c2nc(-c3ccc(S(=O)(=O)N4CCCC4)cc3)no2)CN1C1CCCC1. The standard InChI is InChI=1S/C21H26N4O4S/c26-19-13-16(14-25(19)17-5-1-2-6-17)21-22-20(23-29-21)15-7-9-18(10-8-15)30(27,28)24-11-3-4-12-24/h7-10,16-17H,1-6,11-14H2/t16-/m1/s1. The van der Waals surface area contributed by atoms with Crippen LogP contribution in [0.1, 0.15) is 56.8 Å². The minimum atomic E-state index is -3.44. The van der Waals surface area contributed by atoms with Gasteiger partial charge in [-0.25, -0.2) is 8.42 Å². The molecule has 0 spiro atoms. The number of aromatic nitrogens is 2. The van der Waals surface area contributed by atoms with Crippen LogP contribution in [-0.4, -0.2) is 59.3 Å². The Balaban J connectivity index is 1.30. The van der Waals surface area contributed by atoms with E-state index in [-0.39, 0.29) is 16.7 Å². The van der Waals surface area contributed by atoms with Gasteiger partial charge in [0, 0.05) is 37.7 Å². The maximum absolute atomic E-state index is 12.7. The molecule has 3 fully saturated rings. The summed E-state index contributed by atoms with van der Waals surface area (Å²) in [7, 11) is -3.44. The van der Waals surface area contributed by atoms with Crippen LogP contribution >= 0.6 is 0 Å². The van der Waals surface area contributed by atoms with Crippen LogP contribution in [0.3, 0.4) is 0 Å². The smallest absolute Gasteiger partial charge is 0.243 e. The highest BCUT2D eigenvalue weighted by atomic mass is 32.2. The average molecular weight is 431 g/mol. The molecular weight excluding hydrogens is 404 g/mol. The molecule has 0 radical (unpaired) electrons. The minimum absolute atomic E-state index is 0.0748. The number of rotatable bonds is 5. The normalized spacial score (nSPS) is 23.7. The lowest BCUT2D eigenvalue weighted by molar-refractivity contribution is -0.129.